The minimum Gasteiger partial charge on any atom is -0.325 e. The van der Waals surface area contributed by atoms with Crippen molar-refractivity contribution < 1.29 is 9.18 Å². The van der Waals surface area contributed by atoms with Gasteiger partial charge < -0.3 is 5.32 Å². The van der Waals surface area contributed by atoms with Crippen molar-refractivity contribution in [2.45, 2.75) is 30.8 Å². The van der Waals surface area contributed by atoms with Gasteiger partial charge in [0.1, 0.15) is 5.82 Å². The Labute approximate surface area is 168 Å². The summed E-state index contributed by atoms with van der Waals surface area (Å²) in [7, 11) is 0. The number of halogens is 2. The molecule has 3 aromatic rings. The number of aromatic nitrogens is 2. The van der Waals surface area contributed by atoms with Gasteiger partial charge in [-0.15, -0.1) is 0 Å². The van der Waals surface area contributed by atoms with E-state index in [2.05, 4.69) is 26.2 Å². The summed E-state index contributed by atoms with van der Waals surface area (Å²) in [6, 6.07) is 10.9. The third-order valence-electron chi connectivity index (χ3n) is 3.96. The molecular formula is C19H17BrFN3O2S. The third-order valence-corrected chi connectivity index (χ3v) is 5.54. The molecule has 0 aliphatic heterocycles. The molecule has 27 heavy (non-hydrogen) atoms. The van der Waals surface area contributed by atoms with Gasteiger partial charge >= 0.3 is 0 Å². The monoisotopic (exact) mass is 449 g/mol. The molecule has 1 unspecified atom stereocenters. The largest absolute Gasteiger partial charge is 0.325 e. The van der Waals surface area contributed by atoms with Crippen LogP contribution in [0.3, 0.4) is 0 Å². The second kappa shape index (κ2) is 8.22. The van der Waals surface area contributed by atoms with Gasteiger partial charge in [0.05, 0.1) is 16.2 Å². The first kappa shape index (κ1) is 19.6. The SMILES string of the molecule is CCn1c(SC(C)C(=O)Nc2ccc(F)cc2)nc2ccc(Br)cc2c1=O. The first-order chi connectivity index (χ1) is 12.9. The topological polar surface area (TPSA) is 64.0 Å². The van der Waals surface area contributed by atoms with Crippen LogP contribution < -0.4 is 10.9 Å². The number of fused-ring (bicyclic) bond motifs is 1. The summed E-state index contributed by atoms with van der Waals surface area (Å²) in [6.45, 7) is 4.05. The van der Waals surface area contributed by atoms with Crippen molar-refractivity contribution in [3.8, 4) is 0 Å². The summed E-state index contributed by atoms with van der Waals surface area (Å²) < 4.78 is 15.3. The predicted octanol–water partition coefficient (Wildman–Crippen LogP) is 4.44. The normalized spacial score (nSPS) is 12.1. The number of nitrogens with zero attached hydrogens (tertiary/aromatic N) is 2. The maximum atomic E-state index is 13.0. The lowest BCUT2D eigenvalue weighted by Crippen LogP contribution is -2.26. The van der Waals surface area contributed by atoms with Gasteiger partial charge in [0.2, 0.25) is 5.91 Å². The maximum absolute atomic E-state index is 13.0. The number of amides is 1. The van der Waals surface area contributed by atoms with Gasteiger partial charge in [-0.25, -0.2) is 9.37 Å². The number of hydrogen-bond donors (Lipinski definition) is 1. The highest BCUT2D eigenvalue weighted by Gasteiger charge is 2.19. The highest BCUT2D eigenvalue weighted by Crippen LogP contribution is 2.24. The van der Waals surface area contributed by atoms with Gasteiger partial charge in [-0.3, -0.25) is 14.2 Å². The fraction of sp³-hybridized carbons (Fsp3) is 0.211. The van der Waals surface area contributed by atoms with E-state index in [1.54, 1.807) is 23.6 Å². The first-order valence-electron chi connectivity index (χ1n) is 8.32. The van der Waals surface area contributed by atoms with Crippen LogP contribution in [0.5, 0.6) is 0 Å². The second-order valence-electron chi connectivity index (χ2n) is 5.86. The summed E-state index contributed by atoms with van der Waals surface area (Å²) in [5.41, 5.74) is 0.956. The van der Waals surface area contributed by atoms with Crippen LogP contribution in [0.4, 0.5) is 10.1 Å². The number of carbonyl (C=O) groups is 1. The van der Waals surface area contributed by atoms with Crippen LogP contribution in [0, 0.1) is 5.82 Å². The number of carbonyl (C=O) groups excluding carboxylic acids is 1. The Morgan fingerprint density at radius 3 is 2.67 bits per heavy atom. The van der Waals surface area contributed by atoms with Gasteiger partial charge in [-0.2, -0.15) is 0 Å². The first-order valence-corrected chi connectivity index (χ1v) is 9.99. The quantitative estimate of drug-likeness (QED) is 0.461. The highest BCUT2D eigenvalue weighted by molar-refractivity contribution is 9.10. The van der Waals surface area contributed by atoms with E-state index in [4.69, 9.17) is 0 Å². The van der Waals surface area contributed by atoms with Crippen LogP contribution in [-0.4, -0.2) is 20.7 Å². The summed E-state index contributed by atoms with van der Waals surface area (Å²) in [6.07, 6.45) is 0. The van der Waals surface area contributed by atoms with Gasteiger partial charge in [-0.1, -0.05) is 27.7 Å². The van der Waals surface area contributed by atoms with E-state index >= 15 is 0 Å². The van der Waals surface area contributed by atoms with E-state index in [9.17, 15) is 14.0 Å². The van der Waals surface area contributed by atoms with Crippen molar-refractivity contribution in [1.82, 2.24) is 9.55 Å². The van der Waals surface area contributed by atoms with Crippen LogP contribution in [0.15, 0.2) is 56.9 Å². The fourth-order valence-electron chi connectivity index (χ4n) is 2.53. The van der Waals surface area contributed by atoms with Crippen LogP contribution in [0.25, 0.3) is 10.9 Å². The van der Waals surface area contributed by atoms with Gasteiger partial charge in [0.15, 0.2) is 5.16 Å². The Morgan fingerprint density at radius 2 is 2.00 bits per heavy atom. The second-order valence-corrected chi connectivity index (χ2v) is 8.09. The minimum atomic E-state index is -0.493. The Bertz CT molecular complexity index is 1050. The third kappa shape index (κ3) is 4.39. The zero-order valence-electron chi connectivity index (χ0n) is 14.7. The van der Waals surface area contributed by atoms with E-state index in [1.165, 1.54) is 36.0 Å². The molecule has 2 aromatic carbocycles. The molecule has 0 saturated carbocycles. The summed E-state index contributed by atoms with van der Waals surface area (Å²) >= 11 is 4.58. The Kier molecular flexibility index (Phi) is 5.96. The van der Waals surface area contributed by atoms with E-state index in [0.29, 0.717) is 28.3 Å². The lowest BCUT2D eigenvalue weighted by atomic mass is 10.2. The van der Waals surface area contributed by atoms with Crippen molar-refractivity contribution in [1.29, 1.82) is 0 Å². The average molecular weight is 450 g/mol. The van der Waals surface area contributed by atoms with Gasteiger partial charge in [-0.05, 0) is 56.3 Å². The lowest BCUT2D eigenvalue weighted by molar-refractivity contribution is -0.115. The average Bonchev–Trinajstić information content (AvgIpc) is 2.64. The summed E-state index contributed by atoms with van der Waals surface area (Å²) in [4.78, 5) is 29.8. The van der Waals surface area contributed by atoms with Gasteiger partial charge in [0, 0.05) is 16.7 Å². The maximum Gasteiger partial charge on any atom is 0.262 e. The molecule has 0 spiro atoms. The number of rotatable bonds is 5. The molecule has 0 aliphatic rings. The predicted molar refractivity (Wildman–Crippen MR) is 110 cm³/mol. The lowest BCUT2D eigenvalue weighted by Gasteiger charge is -2.15. The fourth-order valence-corrected chi connectivity index (χ4v) is 3.86. The van der Waals surface area contributed by atoms with Crippen molar-refractivity contribution in [3.63, 3.8) is 0 Å². The van der Waals surface area contributed by atoms with E-state index in [0.717, 1.165) is 4.47 Å². The number of anilines is 1. The molecule has 0 fully saturated rings. The zero-order valence-corrected chi connectivity index (χ0v) is 17.1. The number of hydrogen-bond acceptors (Lipinski definition) is 4. The molecule has 140 valence electrons. The molecule has 1 aromatic heterocycles. The Hall–Kier alpha value is -2.19. The van der Waals surface area contributed by atoms with Gasteiger partial charge in [0.25, 0.3) is 5.56 Å². The molecule has 1 atom stereocenters. The molecule has 0 bridgehead atoms. The van der Waals surface area contributed by atoms with E-state index in [-0.39, 0.29) is 17.3 Å². The van der Waals surface area contributed by atoms with Crippen LogP contribution >= 0.6 is 27.7 Å². The molecule has 0 aliphatic carbocycles. The Balaban J connectivity index is 1.86. The van der Waals surface area contributed by atoms with Crippen LogP contribution in [0.1, 0.15) is 13.8 Å². The zero-order chi connectivity index (χ0) is 19.6. The molecule has 1 heterocycles. The van der Waals surface area contributed by atoms with Crippen molar-refractivity contribution in [2.24, 2.45) is 0 Å². The molecule has 0 radical (unpaired) electrons. The molecule has 3 rings (SSSR count). The van der Waals surface area contributed by atoms with Crippen LogP contribution in [0.2, 0.25) is 0 Å². The highest BCUT2D eigenvalue weighted by atomic mass is 79.9. The smallest absolute Gasteiger partial charge is 0.262 e. The summed E-state index contributed by atoms with van der Waals surface area (Å²) in [5, 5.41) is 3.26. The molecular weight excluding hydrogens is 433 g/mol. The van der Waals surface area contributed by atoms with E-state index in [1.807, 2.05) is 13.0 Å². The van der Waals surface area contributed by atoms with E-state index < -0.39 is 5.25 Å². The number of thioether (sulfide) groups is 1. The molecule has 1 amide bonds. The van der Waals surface area contributed by atoms with Crippen molar-refractivity contribution in [3.05, 3.63) is 63.1 Å². The number of benzene rings is 2. The minimum absolute atomic E-state index is 0.141. The Morgan fingerprint density at radius 1 is 1.30 bits per heavy atom. The molecule has 1 N–H and O–H groups in total. The van der Waals surface area contributed by atoms with Crippen molar-refractivity contribution >= 4 is 50.2 Å². The number of nitrogens with one attached hydrogen (secondary N) is 1. The standard InChI is InChI=1S/C19H17BrFN3O2S/c1-3-24-18(26)15-10-12(20)4-9-16(15)23-19(24)27-11(2)17(25)22-14-7-5-13(21)6-8-14/h4-11H,3H2,1-2H3,(H,22,25). The molecule has 8 heteroatoms. The van der Waals surface area contributed by atoms with Crippen LogP contribution in [-0.2, 0) is 11.3 Å². The molecule has 5 nitrogen and oxygen atoms in total. The van der Waals surface area contributed by atoms with Crippen molar-refractivity contribution in [2.75, 3.05) is 5.32 Å². The summed E-state index contributed by atoms with van der Waals surface area (Å²) in [5.74, 6) is -0.617. The molecule has 0 saturated heterocycles.